The first kappa shape index (κ1) is 32.2. The van der Waals surface area contributed by atoms with E-state index in [-0.39, 0.29) is 0 Å². The molecule has 0 unspecified atom stereocenters. The molecule has 0 saturated carbocycles. The van der Waals surface area contributed by atoms with Gasteiger partial charge >= 0.3 is 0 Å². The second-order valence-electron chi connectivity index (χ2n) is 13.7. The lowest BCUT2D eigenvalue weighted by atomic mass is 9.93. The highest BCUT2D eigenvalue weighted by Gasteiger charge is 2.15. The van der Waals surface area contributed by atoms with Gasteiger partial charge in [-0.15, -0.1) is 0 Å². The predicted octanol–water partition coefficient (Wildman–Crippen LogP) is 13.0. The lowest BCUT2D eigenvalue weighted by Gasteiger charge is -2.14. The van der Waals surface area contributed by atoms with E-state index >= 15 is 0 Å². The Labute approximate surface area is 319 Å². The largest absolute Gasteiger partial charge is 0.309 e. The summed E-state index contributed by atoms with van der Waals surface area (Å²) < 4.78 is 2.32. The number of fused-ring (bicyclic) bond motifs is 3. The van der Waals surface area contributed by atoms with E-state index in [2.05, 4.69) is 179 Å². The van der Waals surface area contributed by atoms with Crippen LogP contribution in [-0.2, 0) is 0 Å². The summed E-state index contributed by atoms with van der Waals surface area (Å²) in [6, 6.07) is 66.4. The average molecular weight is 703 g/mol. The summed E-state index contributed by atoms with van der Waals surface area (Å²) in [5, 5.41) is 2.32. The number of benzene rings is 6. The molecule has 10 rings (SSSR count). The van der Waals surface area contributed by atoms with Crippen LogP contribution in [0.2, 0.25) is 0 Å². The maximum absolute atomic E-state index is 5.24. The second-order valence-corrected chi connectivity index (χ2v) is 13.7. The first-order valence-corrected chi connectivity index (χ1v) is 18.5. The molecule has 4 nitrogen and oxygen atoms in total. The van der Waals surface area contributed by atoms with Crippen LogP contribution < -0.4 is 0 Å². The minimum atomic E-state index is 0.831. The molecule has 10 aromatic rings. The number of hydrogen-bond donors (Lipinski definition) is 0. The van der Waals surface area contributed by atoms with Gasteiger partial charge in [0.1, 0.15) is 0 Å². The Kier molecular flexibility index (Phi) is 8.12. The fraction of sp³-hybridized carbons (Fsp3) is 0. The van der Waals surface area contributed by atoms with Gasteiger partial charge in [-0.25, -0.2) is 4.98 Å². The standard InChI is InChI=1S/C51H34N4/c1-4-12-35(13-5-1)40-28-41(36-14-6-2-7-15-36)30-43(29-40)48-32-42(33-49(54-48)47-18-10-11-26-53-47)38-21-19-37(20-22-38)39-23-24-50-45(31-39)46-34-52-27-25-51(46)55(50)44-16-8-3-9-17-44/h1-34H. The first-order chi connectivity index (χ1) is 27.2. The predicted molar refractivity (Wildman–Crippen MR) is 227 cm³/mol. The van der Waals surface area contributed by atoms with E-state index in [9.17, 15) is 0 Å². The van der Waals surface area contributed by atoms with Crippen molar-refractivity contribution in [3.8, 4) is 72.8 Å². The minimum absolute atomic E-state index is 0.831. The van der Waals surface area contributed by atoms with Gasteiger partial charge in [-0.1, -0.05) is 115 Å². The molecule has 0 atom stereocenters. The normalized spacial score (nSPS) is 11.3. The minimum Gasteiger partial charge on any atom is -0.309 e. The van der Waals surface area contributed by atoms with E-state index in [0.717, 1.165) is 89.3 Å². The Morgan fingerprint density at radius 1 is 0.327 bits per heavy atom. The molecule has 0 aliphatic rings. The summed E-state index contributed by atoms with van der Waals surface area (Å²) in [6.07, 6.45) is 5.67. The third-order valence-electron chi connectivity index (χ3n) is 10.3. The zero-order valence-corrected chi connectivity index (χ0v) is 29.9. The molecule has 0 aliphatic carbocycles. The van der Waals surface area contributed by atoms with Crippen LogP contribution in [0.25, 0.3) is 94.6 Å². The molecular formula is C51H34N4. The van der Waals surface area contributed by atoms with Crippen LogP contribution in [-0.4, -0.2) is 19.5 Å². The van der Waals surface area contributed by atoms with Crippen LogP contribution in [0.5, 0.6) is 0 Å². The molecule has 0 amide bonds. The van der Waals surface area contributed by atoms with Gasteiger partial charge in [0.25, 0.3) is 0 Å². The van der Waals surface area contributed by atoms with Crippen molar-refractivity contribution in [2.45, 2.75) is 0 Å². The highest BCUT2D eigenvalue weighted by atomic mass is 15.0. The van der Waals surface area contributed by atoms with Crippen molar-refractivity contribution < 1.29 is 0 Å². The van der Waals surface area contributed by atoms with E-state index in [1.165, 1.54) is 5.39 Å². The highest BCUT2D eigenvalue weighted by molar-refractivity contribution is 6.10. The number of aromatic nitrogens is 4. The zero-order chi connectivity index (χ0) is 36.6. The fourth-order valence-electron chi connectivity index (χ4n) is 7.62. The molecule has 258 valence electrons. The molecule has 0 aliphatic heterocycles. The summed E-state index contributed by atoms with van der Waals surface area (Å²) in [6.45, 7) is 0. The van der Waals surface area contributed by atoms with Gasteiger partial charge in [-0.3, -0.25) is 9.97 Å². The quantitative estimate of drug-likeness (QED) is 0.166. The highest BCUT2D eigenvalue weighted by Crippen LogP contribution is 2.37. The molecule has 4 heterocycles. The Balaban J connectivity index is 1.08. The van der Waals surface area contributed by atoms with Gasteiger partial charge in [0.15, 0.2) is 0 Å². The second kappa shape index (κ2) is 13.8. The lowest BCUT2D eigenvalue weighted by molar-refractivity contribution is 1.17. The van der Waals surface area contributed by atoms with Crippen molar-refractivity contribution in [2.24, 2.45) is 0 Å². The van der Waals surface area contributed by atoms with E-state index in [1.807, 2.05) is 36.8 Å². The third kappa shape index (κ3) is 6.16. The first-order valence-electron chi connectivity index (χ1n) is 18.5. The van der Waals surface area contributed by atoms with Gasteiger partial charge < -0.3 is 4.57 Å². The van der Waals surface area contributed by atoms with Crippen molar-refractivity contribution >= 4 is 21.8 Å². The van der Waals surface area contributed by atoms with Crippen molar-refractivity contribution in [2.75, 3.05) is 0 Å². The molecule has 0 N–H and O–H groups in total. The number of hydrogen-bond acceptors (Lipinski definition) is 3. The van der Waals surface area contributed by atoms with Crippen molar-refractivity contribution in [1.29, 1.82) is 0 Å². The van der Waals surface area contributed by atoms with Gasteiger partial charge in [-0.2, -0.15) is 0 Å². The topological polar surface area (TPSA) is 43.6 Å². The van der Waals surface area contributed by atoms with Gasteiger partial charge in [-0.05, 0) is 117 Å². The molecule has 0 fully saturated rings. The SMILES string of the molecule is c1ccc(-c2cc(-c3ccccc3)cc(-c3cc(-c4ccc(-c5ccc6c(c5)c5cnccc5n6-c5ccccc5)cc4)cc(-c4ccccn4)n3)c2)cc1. The van der Waals surface area contributed by atoms with E-state index in [0.29, 0.717) is 0 Å². The van der Waals surface area contributed by atoms with Crippen LogP contribution in [0.1, 0.15) is 0 Å². The Morgan fingerprint density at radius 2 is 0.873 bits per heavy atom. The van der Waals surface area contributed by atoms with Crippen LogP contribution in [0.3, 0.4) is 0 Å². The van der Waals surface area contributed by atoms with E-state index in [4.69, 9.17) is 9.97 Å². The smallest absolute Gasteiger partial charge is 0.0899 e. The summed E-state index contributed by atoms with van der Waals surface area (Å²) in [7, 11) is 0. The van der Waals surface area contributed by atoms with Crippen LogP contribution in [0, 0.1) is 0 Å². The maximum Gasteiger partial charge on any atom is 0.0899 e. The van der Waals surface area contributed by atoms with Gasteiger partial charge in [0, 0.05) is 40.6 Å². The van der Waals surface area contributed by atoms with Crippen LogP contribution in [0.4, 0.5) is 0 Å². The monoisotopic (exact) mass is 702 g/mol. The van der Waals surface area contributed by atoms with Gasteiger partial charge in [0.05, 0.1) is 28.1 Å². The summed E-state index contributed by atoms with van der Waals surface area (Å²) in [4.78, 5) is 14.4. The van der Waals surface area contributed by atoms with E-state index in [1.54, 1.807) is 0 Å². The van der Waals surface area contributed by atoms with Crippen molar-refractivity contribution in [1.82, 2.24) is 19.5 Å². The summed E-state index contributed by atoms with van der Waals surface area (Å²) in [5.41, 5.74) is 16.2. The van der Waals surface area contributed by atoms with Gasteiger partial charge in [0.2, 0.25) is 0 Å². The number of para-hydroxylation sites is 1. The molecule has 6 aromatic carbocycles. The average Bonchev–Trinajstić information content (AvgIpc) is 3.61. The molecule has 0 saturated heterocycles. The van der Waals surface area contributed by atoms with E-state index < -0.39 is 0 Å². The van der Waals surface area contributed by atoms with Crippen LogP contribution >= 0.6 is 0 Å². The van der Waals surface area contributed by atoms with Crippen LogP contribution in [0.15, 0.2) is 207 Å². The number of rotatable bonds is 7. The number of nitrogens with zero attached hydrogens (tertiary/aromatic N) is 4. The molecule has 4 heteroatoms. The zero-order valence-electron chi connectivity index (χ0n) is 29.9. The summed E-state index contributed by atoms with van der Waals surface area (Å²) in [5.74, 6) is 0. The maximum atomic E-state index is 5.24. The Morgan fingerprint density at radius 3 is 1.55 bits per heavy atom. The Hall–Kier alpha value is -7.43. The van der Waals surface area contributed by atoms with Crippen molar-refractivity contribution in [3.63, 3.8) is 0 Å². The lowest BCUT2D eigenvalue weighted by Crippen LogP contribution is -1.94. The molecule has 0 spiro atoms. The molecule has 0 radical (unpaired) electrons. The summed E-state index contributed by atoms with van der Waals surface area (Å²) >= 11 is 0. The molecule has 55 heavy (non-hydrogen) atoms. The Bertz CT molecular complexity index is 2880. The molecular weight excluding hydrogens is 669 g/mol. The number of pyridine rings is 3. The fourth-order valence-corrected chi connectivity index (χ4v) is 7.62. The van der Waals surface area contributed by atoms with Crippen molar-refractivity contribution in [3.05, 3.63) is 207 Å². The molecule has 0 bridgehead atoms. The third-order valence-corrected chi connectivity index (χ3v) is 10.3. The molecule has 4 aromatic heterocycles.